The van der Waals surface area contributed by atoms with Crippen molar-refractivity contribution < 1.29 is 31.5 Å². The monoisotopic (exact) mass is 584 g/mol. The molecule has 1 aliphatic heterocycles. The van der Waals surface area contributed by atoms with Crippen molar-refractivity contribution >= 4 is 51.9 Å². The maximum Gasteiger partial charge on any atom is 0.264 e. The lowest BCUT2D eigenvalue weighted by Gasteiger charge is -2.37. The Morgan fingerprint density at radius 2 is 1.46 bits per heavy atom. The quantitative estimate of drug-likeness (QED) is 0.171. The molecule has 0 saturated carbocycles. The number of nitrogens with zero attached hydrogens (tertiary/aromatic N) is 2. The Bertz CT molecular complexity index is 1370. The van der Waals surface area contributed by atoms with Gasteiger partial charge in [-0.2, -0.15) is 0 Å². The van der Waals surface area contributed by atoms with Crippen molar-refractivity contribution in [2.24, 2.45) is 0 Å². The molecule has 0 atom stereocenters. The van der Waals surface area contributed by atoms with Crippen LogP contribution in [0.25, 0.3) is 0 Å². The zero-order chi connectivity index (χ0) is 28.3. The van der Waals surface area contributed by atoms with E-state index in [2.05, 4.69) is 10.6 Å². The van der Waals surface area contributed by atoms with Crippen LogP contribution in [0.2, 0.25) is 5.02 Å². The number of hydrogen-bond acceptors (Lipinski definition) is 5. The van der Waals surface area contributed by atoms with Gasteiger partial charge in [-0.25, -0.2) is 22.0 Å². The minimum atomic E-state index is -2.18. The van der Waals surface area contributed by atoms with Crippen LogP contribution >= 0.6 is 23.8 Å². The number of hydrogen-bond donors (Lipinski definition) is 2. The van der Waals surface area contributed by atoms with Gasteiger partial charge in [0.2, 0.25) is 5.82 Å². The number of carbonyl (C=O) groups is 1. The van der Waals surface area contributed by atoms with Gasteiger partial charge in [0.15, 0.2) is 35.0 Å². The molecule has 4 rings (SSSR count). The highest BCUT2D eigenvalue weighted by Gasteiger charge is 2.30. The van der Waals surface area contributed by atoms with Crippen LogP contribution in [-0.4, -0.2) is 43.8 Å². The van der Waals surface area contributed by atoms with Crippen LogP contribution < -0.4 is 25.2 Å². The van der Waals surface area contributed by atoms with Crippen LogP contribution in [0.4, 0.5) is 39.0 Å². The number of rotatable bonds is 6. The minimum Gasteiger partial charge on any atom is -0.483 e. The molecule has 2 N–H and O–H groups in total. The lowest BCUT2D eigenvalue weighted by Crippen LogP contribution is -2.47. The summed E-state index contributed by atoms with van der Waals surface area (Å²) in [4.78, 5) is 15.2. The molecule has 3 aromatic carbocycles. The summed E-state index contributed by atoms with van der Waals surface area (Å²) in [5, 5.41) is 6.05. The predicted octanol–water partition coefficient (Wildman–Crippen LogP) is 5.56. The zero-order valence-corrected chi connectivity index (χ0v) is 22.0. The molecule has 0 unspecified atom stereocenters. The number of benzene rings is 3. The number of piperazine rings is 1. The van der Waals surface area contributed by atoms with Gasteiger partial charge < -0.3 is 19.9 Å². The summed E-state index contributed by atoms with van der Waals surface area (Å²) in [6, 6.07) is 12.0. The van der Waals surface area contributed by atoms with Crippen molar-refractivity contribution in [2.45, 2.75) is 6.92 Å². The smallest absolute Gasteiger partial charge is 0.264 e. The Labute approximate surface area is 231 Å². The molecule has 3 aromatic rings. The summed E-state index contributed by atoms with van der Waals surface area (Å²) in [5.74, 6) is -9.72. The van der Waals surface area contributed by atoms with E-state index in [0.717, 1.165) is 16.2 Å². The molecule has 1 aliphatic rings. The molecule has 1 fully saturated rings. The number of nitrogens with one attached hydrogen (secondary N) is 2. The molecule has 39 heavy (non-hydrogen) atoms. The molecule has 6 nitrogen and oxygen atoms in total. The first kappa shape index (κ1) is 28.4. The van der Waals surface area contributed by atoms with Crippen molar-refractivity contribution in [3.8, 4) is 5.75 Å². The van der Waals surface area contributed by atoms with E-state index in [1.807, 2.05) is 11.8 Å². The Kier molecular flexibility index (Phi) is 8.76. The van der Waals surface area contributed by atoms with Crippen LogP contribution in [0.5, 0.6) is 5.75 Å². The van der Waals surface area contributed by atoms with E-state index in [-0.39, 0.29) is 37.9 Å². The van der Waals surface area contributed by atoms with Gasteiger partial charge >= 0.3 is 0 Å². The van der Waals surface area contributed by atoms with Crippen molar-refractivity contribution in [2.75, 3.05) is 47.9 Å². The van der Waals surface area contributed by atoms with Gasteiger partial charge in [0, 0.05) is 42.6 Å². The average molecular weight is 585 g/mol. The maximum atomic E-state index is 14.2. The maximum absolute atomic E-state index is 14.2. The van der Waals surface area contributed by atoms with Gasteiger partial charge in [0.25, 0.3) is 5.91 Å². The van der Waals surface area contributed by atoms with E-state index in [9.17, 15) is 26.7 Å². The first-order valence-electron chi connectivity index (χ1n) is 11.7. The number of thiocarbonyl (C=S) groups is 1. The molecule has 0 aromatic heterocycles. The molecule has 1 heterocycles. The standard InChI is InChI=1S/C26H22ClF5N4O2S/c1-14-12-15(27)2-7-18(14)38-13-19(37)34-26(39)33-16-3-5-17(6-4-16)35-8-10-36(11-9-35)25-23(31)21(29)20(28)22(30)24(25)32/h2-7,12H,8-11,13H2,1H3,(H2,33,34,37,39). The fraction of sp³-hybridized carbons (Fsp3) is 0.231. The van der Waals surface area contributed by atoms with Gasteiger partial charge in [-0.15, -0.1) is 0 Å². The highest BCUT2D eigenvalue weighted by atomic mass is 35.5. The first-order valence-corrected chi connectivity index (χ1v) is 12.4. The van der Waals surface area contributed by atoms with E-state index < -0.39 is 40.7 Å². The Balaban J connectivity index is 1.28. The molecule has 1 amide bonds. The number of ether oxygens (including phenoxy) is 1. The molecule has 13 heteroatoms. The van der Waals surface area contributed by atoms with Crippen LogP contribution in [0.15, 0.2) is 42.5 Å². The molecular formula is C26H22ClF5N4O2S. The summed E-state index contributed by atoms with van der Waals surface area (Å²) in [6.07, 6.45) is 0. The lowest BCUT2D eigenvalue weighted by atomic mass is 10.2. The van der Waals surface area contributed by atoms with Gasteiger partial charge in [-0.05, 0) is 67.2 Å². The summed E-state index contributed by atoms with van der Waals surface area (Å²) in [5.41, 5.74) is 1.24. The van der Waals surface area contributed by atoms with Crippen molar-refractivity contribution in [1.82, 2.24) is 5.32 Å². The molecular weight excluding hydrogens is 563 g/mol. The van der Waals surface area contributed by atoms with E-state index in [4.69, 9.17) is 28.6 Å². The third kappa shape index (κ3) is 6.51. The van der Waals surface area contributed by atoms with E-state index >= 15 is 0 Å². The molecule has 1 saturated heterocycles. The van der Waals surface area contributed by atoms with Crippen LogP contribution in [0.3, 0.4) is 0 Å². The topological polar surface area (TPSA) is 56.8 Å². The normalized spacial score (nSPS) is 13.3. The predicted molar refractivity (Wildman–Crippen MR) is 143 cm³/mol. The zero-order valence-electron chi connectivity index (χ0n) is 20.5. The SMILES string of the molecule is Cc1cc(Cl)ccc1OCC(=O)NC(=S)Nc1ccc(N2CCN(c3c(F)c(F)c(F)c(F)c3F)CC2)cc1. The fourth-order valence-electron chi connectivity index (χ4n) is 4.06. The summed E-state index contributed by atoms with van der Waals surface area (Å²) in [7, 11) is 0. The summed E-state index contributed by atoms with van der Waals surface area (Å²) >= 11 is 11.1. The third-order valence-electron chi connectivity index (χ3n) is 6.02. The van der Waals surface area contributed by atoms with Gasteiger partial charge in [0.05, 0.1) is 0 Å². The van der Waals surface area contributed by atoms with Crippen LogP contribution in [0.1, 0.15) is 5.56 Å². The first-order chi connectivity index (χ1) is 18.5. The molecule has 0 spiro atoms. The summed E-state index contributed by atoms with van der Waals surface area (Å²) in [6.45, 7) is 2.22. The fourth-order valence-corrected chi connectivity index (χ4v) is 4.52. The molecule has 206 valence electrons. The molecule has 0 bridgehead atoms. The van der Waals surface area contributed by atoms with Gasteiger partial charge in [-0.1, -0.05) is 11.6 Å². The van der Waals surface area contributed by atoms with Crippen LogP contribution in [-0.2, 0) is 4.79 Å². The largest absolute Gasteiger partial charge is 0.483 e. The highest BCUT2D eigenvalue weighted by Crippen LogP contribution is 2.31. The lowest BCUT2D eigenvalue weighted by molar-refractivity contribution is -0.121. The van der Waals surface area contributed by atoms with E-state index in [1.165, 1.54) is 0 Å². The van der Waals surface area contributed by atoms with E-state index in [1.54, 1.807) is 42.5 Å². The highest BCUT2D eigenvalue weighted by molar-refractivity contribution is 7.80. The second-order valence-corrected chi connectivity index (χ2v) is 9.48. The summed E-state index contributed by atoms with van der Waals surface area (Å²) < 4.78 is 74.3. The third-order valence-corrected chi connectivity index (χ3v) is 6.46. The number of halogens is 6. The second kappa shape index (κ2) is 12.0. The number of anilines is 3. The molecule has 0 radical (unpaired) electrons. The number of amides is 1. The Morgan fingerprint density at radius 3 is 2.05 bits per heavy atom. The second-order valence-electron chi connectivity index (χ2n) is 8.64. The molecule has 0 aliphatic carbocycles. The Hall–Kier alpha value is -3.64. The minimum absolute atomic E-state index is 0.0477. The van der Waals surface area contributed by atoms with Crippen LogP contribution in [0, 0.1) is 36.0 Å². The number of carbonyl (C=O) groups excluding carboxylic acids is 1. The average Bonchev–Trinajstić information content (AvgIpc) is 2.91. The van der Waals surface area contributed by atoms with Crippen molar-refractivity contribution in [1.29, 1.82) is 0 Å². The number of aryl methyl sites for hydroxylation is 1. The van der Waals surface area contributed by atoms with Crippen molar-refractivity contribution in [3.05, 3.63) is 82.1 Å². The van der Waals surface area contributed by atoms with Crippen molar-refractivity contribution in [3.63, 3.8) is 0 Å². The Morgan fingerprint density at radius 1 is 0.897 bits per heavy atom. The van der Waals surface area contributed by atoms with E-state index in [0.29, 0.717) is 16.5 Å². The van der Waals surface area contributed by atoms with Gasteiger partial charge in [0.1, 0.15) is 11.4 Å². The van der Waals surface area contributed by atoms with Gasteiger partial charge in [-0.3, -0.25) is 10.1 Å².